The van der Waals surface area contributed by atoms with E-state index in [1.165, 1.54) is 36.4 Å². The minimum absolute atomic E-state index is 0.00497. The number of ether oxygens (including phenoxy) is 3. The third-order valence-corrected chi connectivity index (χ3v) is 7.39. The summed E-state index contributed by atoms with van der Waals surface area (Å²) in [5, 5.41) is 91.9. The molecule has 1 saturated heterocycles. The van der Waals surface area contributed by atoms with Crippen LogP contribution < -0.4 is 9.47 Å². The Hall–Kier alpha value is -4.04. The van der Waals surface area contributed by atoms with Crippen molar-refractivity contribution >= 4 is 6.08 Å². The Morgan fingerprint density at radius 3 is 2.29 bits per heavy atom. The van der Waals surface area contributed by atoms with Crippen LogP contribution in [0.3, 0.4) is 0 Å². The topological polar surface area (TPSA) is 210 Å². The minimum atomic E-state index is -1.71. The smallest absolute Gasteiger partial charge is 0.229 e. The van der Waals surface area contributed by atoms with E-state index in [1.54, 1.807) is 24.3 Å². The van der Waals surface area contributed by atoms with E-state index in [0.29, 0.717) is 5.56 Å². The van der Waals surface area contributed by atoms with Gasteiger partial charge in [-0.1, -0.05) is 30.4 Å². The van der Waals surface area contributed by atoms with Crippen molar-refractivity contribution in [3.05, 3.63) is 76.9 Å². The Bertz CT molecular complexity index is 1440. The summed E-state index contributed by atoms with van der Waals surface area (Å²) in [6.45, 7) is -0.662. The van der Waals surface area contributed by atoms with Crippen LogP contribution in [0.25, 0.3) is 6.08 Å². The molecule has 3 aromatic rings. The van der Waals surface area contributed by atoms with Crippen LogP contribution in [0.15, 0.2) is 54.6 Å². The number of aromatic hydroxyl groups is 4. The fourth-order valence-corrected chi connectivity index (χ4v) is 5.04. The van der Waals surface area contributed by atoms with Gasteiger partial charge in [0.05, 0.1) is 12.7 Å². The van der Waals surface area contributed by atoms with Gasteiger partial charge >= 0.3 is 0 Å². The number of allylic oxidation sites excluding steroid dienone is 1. The monoisotopic (exact) mass is 584 g/mol. The first-order valence-corrected chi connectivity index (χ1v) is 13.2. The van der Waals surface area contributed by atoms with Crippen molar-refractivity contribution < 1.29 is 60.2 Å². The van der Waals surface area contributed by atoms with E-state index in [0.717, 1.165) is 5.56 Å². The van der Waals surface area contributed by atoms with Gasteiger partial charge in [-0.2, -0.15) is 0 Å². The molecule has 0 amide bonds. The van der Waals surface area contributed by atoms with Gasteiger partial charge in [0.1, 0.15) is 53.5 Å². The van der Waals surface area contributed by atoms with E-state index in [2.05, 4.69) is 0 Å². The number of phenolic OH excluding ortho intramolecular Hbond substituents is 4. The van der Waals surface area contributed by atoms with Gasteiger partial charge in [0.15, 0.2) is 11.5 Å². The predicted octanol–water partition coefficient (Wildman–Crippen LogP) is 0.981. The van der Waals surface area contributed by atoms with E-state index < -0.39 is 55.3 Å². The number of phenols is 4. The van der Waals surface area contributed by atoms with Crippen LogP contribution in [-0.4, -0.2) is 89.4 Å². The van der Waals surface area contributed by atoms with Crippen molar-refractivity contribution in [3.63, 3.8) is 0 Å². The quantitative estimate of drug-likeness (QED) is 0.178. The van der Waals surface area contributed by atoms with Crippen LogP contribution in [0.1, 0.15) is 28.4 Å². The van der Waals surface area contributed by atoms with Crippen LogP contribution in [-0.2, 0) is 17.6 Å². The lowest BCUT2D eigenvalue weighted by molar-refractivity contribution is -0.277. The van der Waals surface area contributed by atoms with Crippen molar-refractivity contribution in [2.45, 2.75) is 55.8 Å². The molecule has 12 nitrogen and oxygen atoms in total. The van der Waals surface area contributed by atoms with Gasteiger partial charge in [-0.3, -0.25) is 0 Å². The fourth-order valence-electron chi connectivity index (χ4n) is 5.04. The number of benzene rings is 3. The summed E-state index contributed by atoms with van der Waals surface area (Å²) in [7, 11) is 0. The highest BCUT2D eigenvalue weighted by molar-refractivity contribution is 5.60. The molecule has 2 heterocycles. The fraction of sp³-hybridized carbons (Fsp3) is 0.333. The Balaban J connectivity index is 1.51. The lowest BCUT2D eigenvalue weighted by atomic mass is 9.91. The third kappa shape index (κ3) is 5.81. The van der Waals surface area contributed by atoms with E-state index in [9.17, 15) is 46.0 Å². The molecule has 3 aromatic carbocycles. The molecule has 9 N–H and O–H groups in total. The summed E-state index contributed by atoms with van der Waals surface area (Å²) < 4.78 is 17.4. The molecule has 2 aliphatic heterocycles. The Morgan fingerprint density at radius 2 is 1.60 bits per heavy atom. The highest BCUT2D eigenvalue weighted by Gasteiger charge is 2.45. The molecule has 0 radical (unpaired) electrons. The number of rotatable bonds is 7. The second-order valence-corrected chi connectivity index (χ2v) is 10.2. The molecule has 0 aliphatic carbocycles. The second kappa shape index (κ2) is 12.1. The van der Waals surface area contributed by atoms with Crippen LogP contribution in [0, 0.1) is 0 Å². The number of hydrogen-bond acceptors (Lipinski definition) is 12. The first-order chi connectivity index (χ1) is 20.1. The number of aliphatic hydroxyl groups excluding tert-OH is 5. The first-order valence-electron chi connectivity index (χ1n) is 13.2. The van der Waals surface area contributed by atoms with Gasteiger partial charge in [0.2, 0.25) is 6.29 Å². The second-order valence-electron chi connectivity index (χ2n) is 10.2. The molecule has 12 heteroatoms. The summed E-state index contributed by atoms with van der Waals surface area (Å²) >= 11 is 0. The zero-order valence-electron chi connectivity index (χ0n) is 22.2. The van der Waals surface area contributed by atoms with Crippen LogP contribution in [0.2, 0.25) is 0 Å². The molecule has 224 valence electrons. The molecule has 0 spiro atoms. The maximum atomic E-state index is 11.3. The average molecular weight is 585 g/mol. The number of fused-ring (bicyclic) bond motifs is 1. The zero-order valence-corrected chi connectivity index (χ0v) is 22.2. The highest BCUT2D eigenvalue weighted by atomic mass is 16.7. The van der Waals surface area contributed by atoms with Gasteiger partial charge in [0.25, 0.3) is 0 Å². The summed E-state index contributed by atoms with van der Waals surface area (Å²) in [5.41, 5.74) is 1.63. The van der Waals surface area contributed by atoms with Crippen molar-refractivity contribution in [2.75, 3.05) is 6.61 Å². The molecule has 0 saturated carbocycles. The predicted molar refractivity (Wildman–Crippen MR) is 146 cm³/mol. The Labute approximate surface area is 240 Å². The Kier molecular flexibility index (Phi) is 8.45. The van der Waals surface area contributed by atoms with Crippen LogP contribution >= 0.6 is 0 Å². The van der Waals surface area contributed by atoms with E-state index in [1.807, 2.05) is 0 Å². The standard InChI is InChI=1S/C30H32O12/c31-13-24-26(37)27(38)28(39)30(42-24)41-22-12-23-18(11-21(35)29(40-23)15-6-9-19(33)20(34)10-15)25(36)17(22)3-1-2-14-4-7-16(32)8-5-14/h1-2,4-10,12,21,24,26-39H,3,11,13H2/b2-1+/t21?,24-,26-,27+,28-,29?,30-/m1/s1. The van der Waals surface area contributed by atoms with Crippen molar-refractivity contribution in [1.29, 1.82) is 0 Å². The molecule has 5 rings (SSSR count). The molecular weight excluding hydrogens is 552 g/mol. The Morgan fingerprint density at radius 1 is 0.857 bits per heavy atom. The van der Waals surface area contributed by atoms with Gasteiger partial charge in [-0.15, -0.1) is 0 Å². The molecule has 7 atom stereocenters. The summed E-state index contributed by atoms with van der Waals surface area (Å²) in [6.07, 6.45) is -6.37. The summed E-state index contributed by atoms with van der Waals surface area (Å²) in [6, 6.07) is 11.8. The van der Waals surface area contributed by atoms with Crippen molar-refractivity contribution in [2.24, 2.45) is 0 Å². The van der Waals surface area contributed by atoms with Crippen molar-refractivity contribution in [3.8, 4) is 34.5 Å². The van der Waals surface area contributed by atoms with Crippen molar-refractivity contribution in [1.82, 2.24) is 0 Å². The largest absolute Gasteiger partial charge is 0.508 e. The van der Waals surface area contributed by atoms with Gasteiger partial charge < -0.3 is 60.2 Å². The highest BCUT2D eigenvalue weighted by Crippen LogP contribution is 2.46. The molecule has 0 aromatic heterocycles. The average Bonchev–Trinajstić information content (AvgIpc) is 2.97. The SMILES string of the molecule is OC[C@H]1O[C@@H](Oc2cc3c(c(O)c2C/C=C/c2ccc(O)cc2)CC(O)C(c2ccc(O)c(O)c2)O3)[C@H](O)[C@@H](O)[C@@H]1O. The van der Waals surface area contributed by atoms with E-state index in [4.69, 9.17) is 14.2 Å². The molecule has 2 unspecified atom stereocenters. The summed E-state index contributed by atoms with van der Waals surface area (Å²) in [5.74, 6) is -0.778. The first kappa shape index (κ1) is 29.5. The third-order valence-electron chi connectivity index (χ3n) is 7.39. The van der Waals surface area contributed by atoms with Gasteiger partial charge in [-0.05, 0) is 41.8 Å². The number of hydrogen-bond donors (Lipinski definition) is 9. The van der Waals surface area contributed by atoms with Gasteiger partial charge in [0, 0.05) is 23.6 Å². The molecule has 2 aliphatic rings. The zero-order chi connectivity index (χ0) is 30.1. The lowest BCUT2D eigenvalue weighted by Gasteiger charge is -2.40. The normalized spacial score (nSPS) is 27.4. The molecular formula is C30H32O12. The van der Waals surface area contributed by atoms with Gasteiger partial charge in [-0.25, -0.2) is 0 Å². The maximum Gasteiger partial charge on any atom is 0.229 e. The molecule has 1 fully saturated rings. The van der Waals surface area contributed by atoms with E-state index >= 15 is 0 Å². The van der Waals surface area contributed by atoms with Crippen LogP contribution in [0.4, 0.5) is 0 Å². The minimum Gasteiger partial charge on any atom is -0.508 e. The number of aliphatic hydroxyl groups is 5. The summed E-state index contributed by atoms with van der Waals surface area (Å²) in [4.78, 5) is 0. The van der Waals surface area contributed by atoms with Crippen LogP contribution in [0.5, 0.6) is 34.5 Å². The lowest BCUT2D eigenvalue weighted by Crippen LogP contribution is -2.60. The van der Waals surface area contributed by atoms with E-state index in [-0.39, 0.29) is 52.7 Å². The maximum absolute atomic E-state index is 11.3. The molecule has 42 heavy (non-hydrogen) atoms. The molecule has 0 bridgehead atoms.